The first-order chi connectivity index (χ1) is 9.82. The van der Waals surface area contributed by atoms with Gasteiger partial charge in [0, 0.05) is 18.0 Å². The smallest absolute Gasteiger partial charge is 0.341 e. The first kappa shape index (κ1) is 14.2. The van der Waals surface area contributed by atoms with Crippen molar-refractivity contribution in [3.8, 4) is 0 Å². The molecule has 1 unspecified atom stereocenters. The van der Waals surface area contributed by atoms with Crippen molar-refractivity contribution in [2.75, 3.05) is 5.75 Å². The first-order valence-electron chi connectivity index (χ1n) is 6.01. The summed E-state index contributed by atoms with van der Waals surface area (Å²) in [6.07, 6.45) is 1.20. The van der Waals surface area contributed by atoms with Crippen LogP contribution in [0.5, 0.6) is 0 Å². The molecule has 8 heteroatoms. The number of carboxylic acids is 1. The van der Waals surface area contributed by atoms with E-state index in [-0.39, 0.29) is 32.6 Å². The molecule has 1 aromatic carbocycles. The molecule has 0 saturated heterocycles. The molecule has 110 valence electrons. The van der Waals surface area contributed by atoms with E-state index in [4.69, 9.17) is 16.7 Å². The van der Waals surface area contributed by atoms with E-state index in [1.807, 2.05) is 0 Å². The minimum Gasteiger partial charge on any atom is -0.477 e. The molecule has 0 fully saturated rings. The van der Waals surface area contributed by atoms with Crippen molar-refractivity contribution in [3.05, 3.63) is 38.9 Å². The summed E-state index contributed by atoms with van der Waals surface area (Å²) in [6, 6.07) is 0.614. The minimum atomic E-state index is -1.55. The van der Waals surface area contributed by atoms with Gasteiger partial charge in [-0.25, -0.2) is 9.18 Å². The second-order valence-corrected chi connectivity index (χ2v) is 6.65. The molecule has 5 nitrogen and oxygen atoms in total. The monoisotopic (exact) mass is 329 g/mol. The van der Waals surface area contributed by atoms with E-state index in [0.29, 0.717) is 0 Å². The molecule has 1 aliphatic rings. The van der Waals surface area contributed by atoms with E-state index in [9.17, 15) is 18.2 Å². The van der Waals surface area contributed by atoms with Gasteiger partial charge in [-0.2, -0.15) is 0 Å². The second kappa shape index (κ2) is 4.64. The average molecular weight is 330 g/mol. The summed E-state index contributed by atoms with van der Waals surface area (Å²) < 4.78 is 27.6. The summed E-state index contributed by atoms with van der Waals surface area (Å²) >= 11 is 5.88. The molecule has 0 aliphatic carbocycles. The average Bonchev–Trinajstić information content (AvgIpc) is 2.40. The van der Waals surface area contributed by atoms with Crippen LogP contribution in [0.2, 0.25) is 5.02 Å². The van der Waals surface area contributed by atoms with Crippen LogP contribution in [-0.4, -0.2) is 25.6 Å². The summed E-state index contributed by atoms with van der Waals surface area (Å²) in [5, 5.41) is 8.69. The predicted octanol–water partition coefficient (Wildman–Crippen LogP) is 2.17. The zero-order valence-corrected chi connectivity index (χ0v) is 12.3. The van der Waals surface area contributed by atoms with E-state index in [2.05, 4.69) is 0 Å². The third kappa shape index (κ3) is 1.91. The highest BCUT2D eigenvalue weighted by Crippen LogP contribution is 2.36. The Morgan fingerprint density at radius 1 is 1.57 bits per heavy atom. The van der Waals surface area contributed by atoms with Crippen molar-refractivity contribution < 1.29 is 18.5 Å². The number of aromatic carboxylic acids is 1. The van der Waals surface area contributed by atoms with Gasteiger partial charge in [0.1, 0.15) is 11.4 Å². The molecule has 0 radical (unpaired) electrons. The molecule has 0 bridgehead atoms. The Morgan fingerprint density at radius 2 is 2.24 bits per heavy atom. The largest absolute Gasteiger partial charge is 0.477 e. The van der Waals surface area contributed by atoms with Gasteiger partial charge in [0.05, 0.1) is 31.6 Å². The lowest BCUT2D eigenvalue weighted by Crippen LogP contribution is -2.27. The lowest BCUT2D eigenvalue weighted by Gasteiger charge is -2.26. The molecule has 2 heterocycles. The highest BCUT2D eigenvalue weighted by Gasteiger charge is 2.30. The van der Waals surface area contributed by atoms with Crippen molar-refractivity contribution in [1.82, 2.24) is 4.57 Å². The van der Waals surface area contributed by atoms with Gasteiger partial charge < -0.3 is 9.67 Å². The molecule has 2 aromatic rings. The number of benzene rings is 1. The molecule has 21 heavy (non-hydrogen) atoms. The maximum Gasteiger partial charge on any atom is 0.341 e. The standard InChI is InChI=1S/C13H9ClFNO4S/c1-5-4-21(20)12-9(14)8(15)2-6-10(12)16(5)3-7(11(6)17)13(18)19/h2-3,5H,4H2,1H3,(H,18,19)/t5-,21?/m1/s1. The van der Waals surface area contributed by atoms with Crippen molar-refractivity contribution in [2.24, 2.45) is 0 Å². The van der Waals surface area contributed by atoms with Gasteiger partial charge >= 0.3 is 5.97 Å². The number of pyridine rings is 1. The molecule has 3 rings (SSSR count). The lowest BCUT2D eigenvalue weighted by atomic mass is 10.1. The number of carboxylic acid groups (broad SMARTS) is 1. The molecule has 0 spiro atoms. The summed E-state index contributed by atoms with van der Waals surface area (Å²) in [5.74, 6) is -2.09. The number of halogens is 2. The fraction of sp³-hybridized carbons (Fsp3) is 0.231. The second-order valence-electron chi connectivity index (χ2n) is 4.84. The first-order valence-corrected chi connectivity index (χ1v) is 7.71. The quantitative estimate of drug-likeness (QED) is 0.870. The molecule has 1 N–H and O–H groups in total. The normalized spacial score (nSPS) is 20.7. The Hall–Kier alpha value is -1.73. The number of hydrogen-bond donors (Lipinski definition) is 1. The Bertz CT molecular complexity index is 892. The van der Waals surface area contributed by atoms with Crippen molar-refractivity contribution in [2.45, 2.75) is 17.9 Å². The number of hydrogen-bond acceptors (Lipinski definition) is 3. The minimum absolute atomic E-state index is 0.0544. The van der Waals surface area contributed by atoms with Gasteiger partial charge in [0.25, 0.3) is 0 Å². The predicted molar refractivity (Wildman–Crippen MR) is 76.1 cm³/mol. The van der Waals surface area contributed by atoms with E-state index in [1.54, 1.807) is 6.92 Å². The third-order valence-electron chi connectivity index (χ3n) is 3.49. The van der Waals surface area contributed by atoms with Gasteiger partial charge in [0.15, 0.2) is 0 Å². The van der Waals surface area contributed by atoms with E-state index in [0.717, 1.165) is 6.07 Å². The fourth-order valence-electron chi connectivity index (χ4n) is 2.52. The fourth-order valence-corrected chi connectivity index (χ4v) is 4.42. The van der Waals surface area contributed by atoms with Crippen LogP contribution in [0, 0.1) is 5.82 Å². The zero-order chi connectivity index (χ0) is 15.5. The third-order valence-corrected chi connectivity index (χ3v) is 5.61. The van der Waals surface area contributed by atoms with E-state index < -0.39 is 33.6 Å². The molecular weight excluding hydrogens is 321 g/mol. The van der Waals surface area contributed by atoms with Crippen LogP contribution in [0.3, 0.4) is 0 Å². The molecule has 2 atom stereocenters. The summed E-state index contributed by atoms with van der Waals surface area (Å²) in [4.78, 5) is 23.4. The Morgan fingerprint density at radius 3 is 2.86 bits per heavy atom. The summed E-state index contributed by atoms with van der Waals surface area (Å²) in [6.45, 7) is 1.74. The van der Waals surface area contributed by atoms with Crippen LogP contribution >= 0.6 is 11.6 Å². The van der Waals surface area contributed by atoms with Gasteiger partial charge in [-0.1, -0.05) is 11.6 Å². The number of rotatable bonds is 1. The van der Waals surface area contributed by atoms with Crippen LogP contribution in [0.4, 0.5) is 4.39 Å². The molecular formula is C13H9ClFNO4S. The Balaban J connectivity index is 2.62. The van der Waals surface area contributed by atoms with Crippen LogP contribution in [0.1, 0.15) is 23.3 Å². The highest BCUT2D eigenvalue weighted by atomic mass is 35.5. The van der Waals surface area contributed by atoms with E-state index in [1.165, 1.54) is 10.8 Å². The van der Waals surface area contributed by atoms with E-state index >= 15 is 0 Å². The number of carbonyl (C=O) groups is 1. The maximum atomic E-state index is 13.9. The zero-order valence-electron chi connectivity index (χ0n) is 10.7. The summed E-state index contributed by atoms with van der Waals surface area (Å²) in [7, 11) is -1.55. The van der Waals surface area contributed by atoms with Gasteiger partial charge in [-0.05, 0) is 13.0 Å². The number of nitrogens with zero attached hydrogens (tertiary/aromatic N) is 1. The van der Waals surface area contributed by atoms with Crippen LogP contribution in [0.15, 0.2) is 22.0 Å². The Labute approximate surface area is 125 Å². The van der Waals surface area contributed by atoms with Gasteiger partial charge in [-0.15, -0.1) is 0 Å². The van der Waals surface area contributed by atoms with Crippen LogP contribution in [0.25, 0.3) is 10.9 Å². The van der Waals surface area contributed by atoms with Gasteiger partial charge in [0.2, 0.25) is 5.43 Å². The van der Waals surface area contributed by atoms with Crippen molar-refractivity contribution in [1.29, 1.82) is 0 Å². The van der Waals surface area contributed by atoms with Crippen molar-refractivity contribution >= 4 is 39.3 Å². The van der Waals surface area contributed by atoms with Crippen molar-refractivity contribution in [3.63, 3.8) is 0 Å². The maximum absolute atomic E-state index is 13.9. The number of aromatic nitrogens is 1. The molecule has 0 saturated carbocycles. The van der Waals surface area contributed by atoms with Crippen LogP contribution < -0.4 is 5.43 Å². The molecule has 1 aliphatic heterocycles. The Kier molecular flexibility index (Phi) is 3.14. The summed E-state index contributed by atoms with van der Waals surface area (Å²) in [5.41, 5.74) is -1.01. The topological polar surface area (TPSA) is 76.4 Å². The van der Waals surface area contributed by atoms with Crippen LogP contribution in [-0.2, 0) is 10.8 Å². The lowest BCUT2D eigenvalue weighted by molar-refractivity contribution is 0.0694. The molecule has 0 amide bonds. The van der Waals surface area contributed by atoms with Gasteiger partial charge in [-0.3, -0.25) is 9.00 Å². The SMILES string of the molecule is C[C@@H]1CS(=O)c2c(Cl)c(F)cc3c(=O)c(C(=O)O)cn1c23. The highest BCUT2D eigenvalue weighted by molar-refractivity contribution is 7.85. The molecule has 1 aromatic heterocycles.